The average molecular weight is 128 g/mol. The molecule has 0 aliphatic carbocycles. The molecule has 0 aromatic heterocycles. The van der Waals surface area contributed by atoms with Crippen molar-refractivity contribution in [2.75, 3.05) is 19.6 Å². The Balaban J connectivity index is 2.19. The second-order valence-electron chi connectivity index (χ2n) is 2.45. The summed E-state index contributed by atoms with van der Waals surface area (Å²) in [5, 5.41) is 0. The monoisotopic (exact) mass is 128 g/mol. The van der Waals surface area contributed by atoms with Crippen molar-refractivity contribution >= 4 is 5.91 Å². The Morgan fingerprint density at radius 2 is 2.33 bits per heavy atom. The summed E-state index contributed by atoms with van der Waals surface area (Å²) < 4.78 is 0. The van der Waals surface area contributed by atoms with E-state index >= 15 is 0 Å². The van der Waals surface area contributed by atoms with E-state index in [1.807, 2.05) is 0 Å². The van der Waals surface area contributed by atoms with E-state index in [4.69, 9.17) is 5.73 Å². The molecule has 1 amide bonds. The predicted octanol–water partition coefficient (Wildman–Crippen LogP) is -0.577. The lowest BCUT2D eigenvalue weighted by Crippen LogP contribution is -2.52. The third-order valence-electron chi connectivity index (χ3n) is 1.81. The molecule has 52 valence electrons. The molecular formula is C6H12N2O. The maximum Gasteiger partial charge on any atom is 0.223 e. The molecule has 0 atom stereocenters. The van der Waals surface area contributed by atoms with Gasteiger partial charge < -0.3 is 10.6 Å². The Labute approximate surface area is 54.8 Å². The lowest BCUT2D eigenvalue weighted by molar-refractivity contribution is -0.126. The third-order valence-corrected chi connectivity index (χ3v) is 1.81. The van der Waals surface area contributed by atoms with Gasteiger partial charge in [-0.05, 0) is 6.54 Å². The fourth-order valence-electron chi connectivity index (χ4n) is 1.01. The van der Waals surface area contributed by atoms with Gasteiger partial charge in [-0.15, -0.1) is 0 Å². The summed E-state index contributed by atoms with van der Waals surface area (Å²) in [6, 6.07) is 0. The predicted molar refractivity (Wildman–Crippen MR) is 34.8 cm³/mol. The van der Waals surface area contributed by atoms with E-state index in [0.29, 0.717) is 0 Å². The molecule has 1 fully saturated rings. The molecule has 0 radical (unpaired) electrons. The molecule has 0 spiro atoms. The molecule has 2 N–H and O–H groups in total. The van der Waals surface area contributed by atoms with Gasteiger partial charge >= 0.3 is 0 Å². The van der Waals surface area contributed by atoms with Gasteiger partial charge in [-0.25, -0.2) is 0 Å². The second-order valence-corrected chi connectivity index (χ2v) is 2.45. The number of carbonyl (C=O) groups excluding carboxylic acids is 1. The molecule has 9 heavy (non-hydrogen) atoms. The van der Waals surface area contributed by atoms with Gasteiger partial charge in [0, 0.05) is 13.1 Å². The van der Waals surface area contributed by atoms with Crippen LogP contribution < -0.4 is 5.73 Å². The van der Waals surface area contributed by atoms with Gasteiger partial charge in [0.15, 0.2) is 0 Å². The highest BCUT2D eigenvalue weighted by Crippen LogP contribution is 2.12. The van der Waals surface area contributed by atoms with Crippen LogP contribution in [0.2, 0.25) is 0 Å². The lowest BCUT2D eigenvalue weighted by atomic mass is 10.0. The maximum absolute atomic E-state index is 10.4. The molecular weight excluding hydrogens is 116 g/mol. The van der Waals surface area contributed by atoms with Crippen molar-refractivity contribution < 1.29 is 4.79 Å². The van der Waals surface area contributed by atoms with E-state index in [1.165, 1.54) is 0 Å². The van der Waals surface area contributed by atoms with Gasteiger partial charge in [0.25, 0.3) is 0 Å². The fourth-order valence-corrected chi connectivity index (χ4v) is 1.01. The zero-order valence-corrected chi connectivity index (χ0v) is 5.63. The van der Waals surface area contributed by atoms with Crippen LogP contribution in [0.4, 0.5) is 0 Å². The first-order valence-electron chi connectivity index (χ1n) is 3.25. The van der Waals surface area contributed by atoms with Gasteiger partial charge in [0.05, 0.1) is 5.92 Å². The molecule has 1 rings (SSSR count). The summed E-state index contributed by atoms with van der Waals surface area (Å²) in [5.41, 5.74) is 5.05. The van der Waals surface area contributed by atoms with Gasteiger partial charge in [-0.3, -0.25) is 4.79 Å². The number of hydrogen-bond acceptors (Lipinski definition) is 2. The summed E-state index contributed by atoms with van der Waals surface area (Å²) in [6.07, 6.45) is 0. The first kappa shape index (κ1) is 6.55. The molecule has 1 aliphatic rings. The first-order chi connectivity index (χ1) is 4.24. The minimum Gasteiger partial charge on any atom is -0.369 e. The molecule has 0 aromatic rings. The van der Waals surface area contributed by atoms with Gasteiger partial charge in [-0.2, -0.15) is 0 Å². The molecule has 1 saturated heterocycles. The van der Waals surface area contributed by atoms with Crippen molar-refractivity contribution in [2.45, 2.75) is 6.92 Å². The molecule has 0 aromatic carbocycles. The zero-order chi connectivity index (χ0) is 6.85. The fraction of sp³-hybridized carbons (Fsp3) is 0.833. The van der Waals surface area contributed by atoms with Crippen LogP contribution in [-0.4, -0.2) is 30.4 Å². The number of carbonyl (C=O) groups is 1. The lowest BCUT2D eigenvalue weighted by Gasteiger charge is -2.36. The van der Waals surface area contributed by atoms with E-state index < -0.39 is 0 Å². The van der Waals surface area contributed by atoms with Crippen LogP contribution in [0, 0.1) is 5.92 Å². The average Bonchev–Trinajstić information content (AvgIpc) is 1.61. The zero-order valence-electron chi connectivity index (χ0n) is 5.63. The smallest absolute Gasteiger partial charge is 0.223 e. The number of hydrogen-bond donors (Lipinski definition) is 1. The van der Waals surface area contributed by atoms with E-state index in [-0.39, 0.29) is 11.8 Å². The van der Waals surface area contributed by atoms with E-state index in [1.54, 1.807) is 0 Å². The minimum atomic E-state index is -0.153. The molecule has 1 aliphatic heterocycles. The summed E-state index contributed by atoms with van der Waals surface area (Å²) >= 11 is 0. The highest BCUT2D eigenvalue weighted by molar-refractivity contribution is 5.78. The number of rotatable bonds is 2. The van der Waals surface area contributed by atoms with Crippen molar-refractivity contribution in [1.29, 1.82) is 0 Å². The van der Waals surface area contributed by atoms with E-state index in [2.05, 4.69) is 11.8 Å². The van der Waals surface area contributed by atoms with E-state index in [9.17, 15) is 4.79 Å². The van der Waals surface area contributed by atoms with Crippen LogP contribution in [0.1, 0.15) is 6.92 Å². The topological polar surface area (TPSA) is 46.3 Å². The number of primary amides is 1. The van der Waals surface area contributed by atoms with Crippen molar-refractivity contribution in [2.24, 2.45) is 11.7 Å². The van der Waals surface area contributed by atoms with Gasteiger partial charge in [-0.1, -0.05) is 6.92 Å². The Hall–Kier alpha value is -0.570. The summed E-state index contributed by atoms with van der Waals surface area (Å²) in [4.78, 5) is 12.6. The van der Waals surface area contributed by atoms with Crippen molar-refractivity contribution in [1.82, 2.24) is 4.90 Å². The summed E-state index contributed by atoms with van der Waals surface area (Å²) in [6.45, 7) is 4.85. The standard InChI is InChI=1S/C6H12N2O/c1-2-8-3-5(4-8)6(7)9/h5H,2-4H2,1H3,(H2,7,9). The third kappa shape index (κ3) is 1.21. The summed E-state index contributed by atoms with van der Waals surface area (Å²) in [7, 11) is 0. The van der Waals surface area contributed by atoms with Crippen LogP contribution in [0.5, 0.6) is 0 Å². The molecule has 0 bridgehead atoms. The number of nitrogens with zero attached hydrogens (tertiary/aromatic N) is 1. The maximum atomic E-state index is 10.4. The van der Waals surface area contributed by atoms with Crippen molar-refractivity contribution in [3.63, 3.8) is 0 Å². The number of nitrogens with two attached hydrogens (primary N) is 1. The van der Waals surface area contributed by atoms with Crippen LogP contribution >= 0.6 is 0 Å². The molecule has 1 heterocycles. The largest absolute Gasteiger partial charge is 0.369 e. The van der Waals surface area contributed by atoms with Crippen LogP contribution in [-0.2, 0) is 4.79 Å². The van der Waals surface area contributed by atoms with Crippen LogP contribution in [0.3, 0.4) is 0 Å². The van der Waals surface area contributed by atoms with Crippen molar-refractivity contribution in [3.8, 4) is 0 Å². The number of likely N-dealkylation sites (tertiary alicyclic amines) is 1. The first-order valence-corrected chi connectivity index (χ1v) is 3.25. The minimum absolute atomic E-state index is 0.130. The molecule has 3 heteroatoms. The normalized spacial score (nSPS) is 21.4. The van der Waals surface area contributed by atoms with Gasteiger partial charge in [0.1, 0.15) is 0 Å². The van der Waals surface area contributed by atoms with Crippen molar-refractivity contribution in [3.05, 3.63) is 0 Å². The second kappa shape index (κ2) is 2.35. The van der Waals surface area contributed by atoms with Gasteiger partial charge in [0.2, 0.25) is 5.91 Å². The summed E-state index contributed by atoms with van der Waals surface area (Å²) in [5.74, 6) is -0.0235. The highest BCUT2D eigenvalue weighted by Gasteiger charge is 2.29. The Bertz CT molecular complexity index is 118. The highest BCUT2D eigenvalue weighted by atomic mass is 16.1. The Morgan fingerprint density at radius 3 is 2.67 bits per heavy atom. The van der Waals surface area contributed by atoms with Crippen LogP contribution in [0.15, 0.2) is 0 Å². The number of amides is 1. The SMILES string of the molecule is CCN1CC(C(N)=O)C1. The molecule has 0 unspecified atom stereocenters. The molecule has 3 nitrogen and oxygen atoms in total. The Kier molecular flexibility index (Phi) is 1.71. The molecule has 0 saturated carbocycles. The Morgan fingerprint density at radius 1 is 1.78 bits per heavy atom. The van der Waals surface area contributed by atoms with Crippen LogP contribution in [0.25, 0.3) is 0 Å². The van der Waals surface area contributed by atoms with E-state index in [0.717, 1.165) is 19.6 Å². The quantitative estimate of drug-likeness (QED) is 0.541.